The molecule has 4 heteroatoms. The first-order valence-electron chi connectivity index (χ1n) is 6.90. The smallest absolute Gasteiger partial charge is 0.126 e. The second kappa shape index (κ2) is 7.25. The molecule has 1 unspecified atom stereocenters. The maximum absolute atomic E-state index is 13.3. The fourth-order valence-corrected chi connectivity index (χ4v) is 1.90. The summed E-state index contributed by atoms with van der Waals surface area (Å²) >= 11 is 0. The molecular weight excluding hydrogens is 255 g/mol. The Balaban J connectivity index is 2.63. The summed E-state index contributed by atoms with van der Waals surface area (Å²) in [6, 6.07) is 6.96. The van der Waals surface area contributed by atoms with Gasteiger partial charge in [0.25, 0.3) is 0 Å². The topological polar surface area (TPSA) is 45.0 Å². The van der Waals surface area contributed by atoms with Crippen LogP contribution in [0.15, 0.2) is 18.2 Å². The number of benzene rings is 1. The number of nitrogens with zero attached hydrogens (tertiary/aromatic N) is 1. The highest BCUT2D eigenvalue weighted by Gasteiger charge is 2.16. The van der Waals surface area contributed by atoms with Crippen LogP contribution in [-0.4, -0.2) is 13.7 Å². The number of nitriles is 1. The molecule has 110 valence electrons. The van der Waals surface area contributed by atoms with E-state index in [9.17, 15) is 4.39 Å². The van der Waals surface area contributed by atoms with Gasteiger partial charge in [-0.2, -0.15) is 5.26 Å². The van der Waals surface area contributed by atoms with Crippen molar-refractivity contribution in [1.29, 1.82) is 5.26 Å². The van der Waals surface area contributed by atoms with E-state index >= 15 is 0 Å². The SMILES string of the molecule is CNC(C)c1ccc(F)cc1OCCCC(C)(C)C#N. The van der Waals surface area contributed by atoms with E-state index in [0.717, 1.165) is 18.4 Å². The molecule has 1 N–H and O–H groups in total. The number of halogens is 1. The molecule has 0 aliphatic carbocycles. The fourth-order valence-electron chi connectivity index (χ4n) is 1.90. The van der Waals surface area contributed by atoms with Crippen molar-refractivity contribution in [3.8, 4) is 11.8 Å². The summed E-state index contributed by atoms with van der Waals surface area (Å²) < 4.78 is 19.0. The van der Waals surface area contributed by atoms with Crippen LogP contribution in [0.1, 0.15) is 45.2 Å². The molecule has 0 amide bonds. The molecule has 0 aromatic heterocycles. The predicted molar refractivity (Wildman–Crippen MR) is 78.0 cm³/mol. The Bertz CT molecular complexity index is 480. The maximum atomic E-state index is 13.3. The molecule has 0 heterocycles. The normalized spacial score (nSPS) is 12.8. The molecule has 1 aromatic carbocycles. The van der Waals surface area contributed by atoms with Gasteiger partial charge in [-0.1, -0.05) is 6.07 Å². The highest BCUT2D eigenvalue weighted by atomic mass is 19.1. The van der Waals surface area contributed by atoms with Crippen LogP contribution in [0.3, 0.4) is 0 Å². The third-order valence-corrected chi connectivity index (χ3v) is 3.38. The van der Waals surface area contributed by atoms with Crippen molar-refractivity contribution in [3.63, 3.8) is 0 Å². The van der Waals surface area contributed by atoms with E-state index in [1.54, 1.807) is 6.07 Å². The lowest BCUT2D eigenvalue weighted by molar-refractivity contribution is 0.279. The third-order valence-electron chi connectivity index (χ3n) is 3.38. The summed E-state index contributed by atoms with van der Waals surface area (Å²) in [5.41, 5.74) is 0.597. The van der Waals surface area contributed by atoms with Crippen LogP contribution in [-0.2, 0) is 0 Å². The third kappa shape index (κ3) is 4.82. The summed E-state index contributed by atoms with van der Waals surface area (Å²) in [7, 11) is 1.85. The van der Waals surface area contributed by atoms with E-state index in [1.807, 2.05) is 27.8 Å². The molecule has 0 saturated carbocycles. The maximum Gasteiger partial charge on any atom is 0.126 e. The van der Waals surface area contributed by atoms with Crippen molar-refractivity contribution in [2.24, 2.45) is 5.41 Å². The summed E-state index contributed by atoms with van der Waals surface area (Å²) in [6.45, 7) is 6.30. The Hall–Kier alpha value is -1.60. The minimum absolute atomic E-state index is 0.0983. The van der Waals surface area contributed by atoms with E-state index < -0.39 is 0 Å². The van der Waals surface area contributed by atoms with Gasteiger partial charge in [0.1, 0.15) is 11.6 Å². The van der Waals surface area contributed by atoms with Gasteiger partial charge in [-0.3, -0.25) is 0 Å². The van der Waals surface area contributed by atoms with Crippen LogP contribution in [0.25, 0.3) is 0 Å². The molecule has 3 nitrogen and oxygen atoms in total. The van der Waals surface area contributed by atoms with Gasteiger partial charge in [-0.25, -0.2) is 4.39 Å². The first-order valence-corrected chi connectivity index (χ1v) is 6.90. The molecule has 0 fully saturated rings. The van der Waals surface area contributed by atoms with Crippen molar-refractivity contribution in [3.05, 3.63) is 29.6 Å². The average Bonchev–Trinajstić information content (AvgIpc) is 2.43. The van der Waals surface area contributed by atoms with E-state index in [-0.39, 0.29) is 17.3 Å². The monoisotopic (exact) mass is 278 g/mol. The number of rotatable bonds is 7. The zero-order chi connectivity index (χ0) is 15.2. The summed E-state index contributed by atoms with van der Waals surface area (Å²) in [5.74, 6) is 0.269. The van der Waals surface area contributed by atoms with Crippen molar-refractivity contribution >= 4 is 0 Å². The Kier molecular flexibility index (Phi) is 5.97. The largest absolute Gasteiger partial charge is 0.493 e. The molecule has 0 aliphatic heterocycles. The predicted octanol–water partition coefficient (Wildman–Crippen LogP) is 3.81. The van der Waals surface area contributed by atoms with Gasteiger partial charge >= 0.3 is 0 Å². The second-order valence-electron chi connectivity index (χ2n) is 5.64. The molecule has 0 bridgehead atoms. The Morgan fingerprint density at radius 3 is 2.75 bits per heavy atom. The van der Waals surface area contributed by atoms with Crippen LogP contribution in [0.2, 0.25) is 0 Å². The van der Waals surface area contributed by atoms with Crippen LogP contribution < -0.4 is 10.1 Å². The van der Waals surface area contributed by atoms with Gasteiger partial charge in [-0.15, -0.1) is 0 Å². The van der Waals surface area contributed by atoms with Gasteiger partial charge in [0, 0.05) is 17.7 Å². The van der Waals surface area contributed by atoms with Crippen LogP contribution in [0, 0.1) is 22.6 Å². The van der Waals surface area contributed by atoms with Crippen molar-refractivity contribution in [2.75, 3.05) is 13.7 Å². The Morgan fingerprint density at radius 2 is 2.15 bits per heavy atom. The van der Waals surface area contributed by atoms with Gasteiger partial charge in [0.05, 0.1) is 18.1 Å². The first-order chi connectivity index (χ1) is 9.39. The zero-order valence-electron chi connectivity index (χ0n) is 12.7. The highest BCUT2D eigenvalue weighted by molar-refractivity contribution is 5.36. The molecule has 0 radical (unpaired) electrons. The number of nitrogens with one attached hydrogen (secondary N) is 1. The summed E-state index contributed by atoms with van der Waals surface area (Å²) in [5, 5.41) is 12.1. The molecule has 0 spiro atoms. The molecule has 1 atom stereocenters. The zero-order valence-corrected chi connectivity index (χ0v) is 12.7. The molecule has 20 heavy (non-hydrogen) atoms. The quantitative estimate of drug-likeness (QED) is 0.771. The second-order valence-corrected chi connectivity index (χ2v) is 5.64. The van der Waals surface area contributed by atoms with Crippen LogP contribution in [0.5, 0.6) is 5.75 Å². The lowest BCUT2D eigenvalue weighted by Gasteiger charge is -2.18. The van der Waals surface area contributed by atoms with Gasteiger partial charge in [0.15, 0.2) is 0 Å². The minimum atomic E-state index is -0.341. The molecule has 1 aromatic rings. The van der Waals surface area contributed by atoms with Crippen molar-refractivity contribution in [1.82, 2.24) is 5.32 Å². The standard InChI is InChI=1S/C16H23FN2O/c1-12(19-4)14-7-6-13(17)10-15(14)20-9-5-8-16(2,3)11-18/h6-7,10,12,19H,5,8-9H2,1-4H3. The highest BCUT2D eigenvalue weighted by Crippen LogP contribution is 2.27. The fraction of sp³-hybridized carbons (Fsp3) is 0.562. The van der Waals surface area contributed by atoms with E-state index in [0.29, 0.717) is 12.4 Å². The molecule has 1 rings (SSSR count). The number of ether oxygens (including phenoxy) is 1. The van der Waals surface area contributed by atoms with E-state index in [4.69, 9.17) is 10.00 Å². The van der Waals surface area contributed by atoms with Crippen LogP contribution in [0.4, 0.5) is 4.39 Å². The molecule has 0 saturated heterocycles. The number of hydrogen-bond acceptors (Lipinski definition) is 3. The Labute approximate surface area is 120 Å². The minimum Gasteiger partial charge on any atom is -0.493 e. The van der Waals surface area contributed by atoms with Gasteiger partial charge in [0.2, 0.25) is 0 Å². The summed E-state index contributed by atoms with van der Waals surface area (Å²) in [4.78, 5) is 0. The average molecular weight is 278 g/mol. The Morgan fingerprint density at radius 1 is 1.45 bits per heavy atom. The molecular formula is C16H23FN2O. The van der Waals surface area contributed by atoms with Crippen molar-refractivity contribution in [2.45, 2.75) is 39.7 Å². The van der Waals surface area contributed by atoms with Gasteiger partial charge in [-0.05, 0) is 46.7 Å². The lowest BCUT2D eigenvalue weighted by Crippen LogP contribution is -2.15. The van der Waals surface area contributed by atoms with Gasteiger partial charge < -0.3 is 10.1 Å². The molecule has 0 aliphatic rings. The van der Waals surface area contributed by atoms with E-state index in [2.05, 4.69) is 11.4 Å². The van der Waals surface area contributed by atoms with Crippen LogP contribution >= 0.6 is 0 Å². The van der Waals surface area contributed by atoms with Crippen molar-refractivity contribution < 1.29 is 9.13 Å². The first kappa shape index (κ1) is 16.5. The summed E-state index contributed by atoms with van der Waals surface area (Å²) in [6.07, 6.45) is 1.53. The number of hydrogen-bond donors (Lipinski definition) is 1. The van der Waals surface area contributed by atoms with E-state index in [1.165, 1.54) is 12.1 Å². The lowest BCUT2D eigenvalue weighted by atomic mass is 9.90.